The van der Waals surface area contributed by atoms with Crippen molar-refractivity contribution < 1.29 is 4.79 Å². The van der Waals surface area contributed by atoms with Crippen LogP contribution in [-0.4, -0.2) is 48.6 Å². The van der Waals surface area contributed by atoms with E-state index in [0.717, 1.165) is 45.3 Å². The second kappa shape index (κ2) is 5.71. The molecular formula is C15H24N4O. The third-order valence-electron chi connectivity index (χ3n) is 5.19. The van der Waals surface area contributed by atoms with Crippen molar-refractivity contribution in [3.8, 4) is 6.07 Å². The molecule has 1 amide bonds. The topological polar surface area (TPSA) is 68.2 Å². The highest BCUT2D eigenvalue weighted by Crippen LogP contribution is 2.29. The number of hydrogen-bond acceptors (Lipinski definition) is 4. The van der Waals surface area contributed by atoms with Gasteiger partial charge in [-0.1, -0.05) is 0 Å². The number of carbonyl (C=O) groups excluding carboxylic acids is 1. The van der Waals surface area contributed by atoms with Gasteiger partial charge in [-0.25, -0.2) is 0 Å². The molecule has 3 rings (SSSR count). The third-order valence-corrected chi connectivity index (χ3v) is 5.19. The molecule has 3 fully saturated rings. The molecule has 0 aromatic rings. The van der Waals surface area contributed by atoms with Gasteiger partial charge in [0.2, 0.25) is 5.91 Å². The number of nitrogens with one attached hydrogen (secondary N) is 2. The summed E-state index contributed by atoms with van der Waals surface area (Å²) in [4.78, 5) is 14.6. The summed E-state index contributed by atoms with van der Waals surface area (Å²) in [6, 6.07) is 2.84. The molecule has 5 heteroatoms. The molecule has 2 atom stereocenters. The highest BCUT2D eigenvalue weighted by atomic mass is 16.2. The fourth-order valence-corrected chi connectivity index (χ4v) is 4.09. The van der Waals surface area contributed by atoms with Gasteiger partial charge < -0.3 is 10.6 Å². The maximum Gasteiger partial charge on any atom is 0.235 e. The highest BCUT2D eigenvalue weighted by molar-refractivity contribution is 5.79. The van der Waals surface area contributed by atoms with Gasteiger partial charge in [-0.3, -0.25) is 9.69 Å². The number of amides is 1. The van der Waals surface area contributed by atoms with Crippen LogP contribution in [-0.2, 0) is 4.79 Å². The van der Waals surface area contributed by atoms with Crippen LogP contribution in [0.4, 0.5) is 0 Å². The summed E-state index contributed by atoms with van der Waals surface area (Å²) in [5.41, 5.74) is -0.583. The normalized spacial score (nSPS) is 32.5. The summed E-state index contributed by atoms with van der Waals surface area (Å²) in [6.45, 7) is 3.55. The molecule has 2 heterocycles. The second-order valence-corrected chi connectivity index (χ2v) is 6.55. The van der Waals surface area contributed by atoms with Crippen LogP contribution in [0.2, 0.25) is 0 Å². The van der Waals surface area contributed by atoms with Crippen LogP contribution in [0.1, 0.15) is 38.5 Å². The smallest absolute Gasteiger partial charge is 0.235 e. The first-order valence-corrected chi connectivity index (χ1v) is 7.89. The highest BCUT2D eigenvalue weighted by Gasteiger charge is 2.38. The van der Waals surface area contributed by atoms with Crippen molar-refractivity contribution in [1.82, 2.24) is 15.5 Å². The first kappa shape index (κ1) is 13.8. The van der Waals surface area contributed by atoms with Crippen LogP contribution in [0, 0.1) is 17.2 Å². The van der Waals surface area contributed by atoms with Crippen molar-refractivity contribution >= 4 is 5.91 Å². The molecule has 0 bridgehead atoms. The van der Waals surface area contributed by atoms with Gasteiger partial charge in [0.25, 0.3) is 0 Å². The van der Waals surface area contributed by atoms with E-state index in [1.54, 1.807) is 0 Å². The Morgan fingerprint density at radius 3 is 2.90 bits per heavy atom. The molecule has 0 radical (unpaired) electrons. The number of piperidine rings is 1. The Balaban J connectivity index is 1.57. The van der Waals surface area contributed by atoms with Crippen LogP contribution in [0.15, 0.2) is 0 Å². The van der Waals surface area contributed by atoms with Crippen LogP contribution in [0.25, 0.3) is 0 Å². The predicted octanol–water partition coefficient (Wildman–Crippen LogP) is 0.623. The molecule has 1 saturated carbocycles. The van der Waals surface area contributed by atoms with Gasteiger partial charge in [0.1, 0.15) is 5.54 Å². The first-order valence-electron chi connectivity index (χ1n) is 7.89. The molecule has 20 heavy (non-hydrogen) atoms. The third kappa shape index (κ3) is 2.68. The molecule has 2 aliphatic heterocycles. The molecule has 0 spiro atoms. The lowest BCUT2D eigenvalue weighted by Crippen LogP contribution is -2.53. The number of rotatable bonds is 3. The number of hydrogen-bond donors (Lipinski definition) is 2. The summed E-state index contributed by atoms with van der Waals surface area (Å²) < 4.78 is 0. The number of nitrogens with zero attached hydrogens (tertiary/aromatic N) is 2. The van der Waals surface area contributed by atoms with Gasteiger partial charge in [-0.2, -0.15) is 5.26 Å². The number of fused-ring (bicyclic) bond motifs is 1. The van der Waals surface area contributed by atoms with E-state index in [1.807, 2.05) is 0 Å². The zero-order chi connectivity index (χ0) is 14.0. The minimum Gasteiger partial charge on any atom is -0.337 e. The molecule has 0 aromatic heterocycles. The number of carbonyl (C=O) groups is 1. The Morgan fingerprint density at radius 2 is 2.15 bits per heavy atom. The zero-order valence-corrected chi connectivity index (χ0v) is 12.0. The molecule has 5 nitrogen and oxygen atoms in total. The fraction of sp³-hybridized carbons (Fsp3) is 0.867. The lowest BCUT2D eigenvalue weighted by Gasteiger charge is -2.37. The van der Waals surface area contributed by atoms with E-state index in [1.165, 1.54) is 12.8 Å². The average Bonchev–Trinajstić information content (AvgIpc) is 3.08. The Morgan fingerprint density at radius 1 is 1.35 bits per heavy atom. The average molecular weight is 276 g/mol. The van der Waals surface area contributed by atoms with E-state index < -0.39 is 5.54 Å². The monoisotopic (exact) mass is 276 g/mol. The van der Waals surface area contributed by atoms with Gasteiger partial charge in [0, 0.05) is 12.6 Å². The maximum atomic E-state index is 12.3. The van der Waals surface area contributed by atoms with E-state index in [0.29, 0.717) is 18.5 Å². The fourth-order valence-electron chi connectivity index (χ4n) is 4.09. The van der Waals surface area contributed by atoms with E-state index in [-0.39, 0.29) is 5.91 Å². The molecule has 110 valence electrons. The van der Waals surface area contributed by atoms with Crippen molar-refractivity contribution in [1.29, 1.82) is 5.26 Å². The lowest BCUT2D eigenvalue weighted by atomic mass is 9.92. The summed E-state index contributed by atoms with van der Waals surface area (Å²) in [5, 5.41) is 15.8. The van der Waals surface area contributed by atoms with Gasteiger partial charge in [0.05, 0.1) is 12.6 Å². The quantitative estimate of drug-likeness (QED) is 0.793. The standard InChI is InChI=1S/C15H24N4O/c16-11-15(5-1-2-6-15)18-14(20)10-19-7-3-4-12-8-17-9-13(12)19/h12-13,17H,1-10H2,(H,18,20). The molecule has 3 aliphatic rings. The zero-order valence-electron chi connectivity index (χ0n) is 12.0. The number of likely N-dealkylation sites (tertiary alicyclic amines) is 1. The van der Waals surface area contributed by atoms with Crippen LogP contribution >= 0.6 is 0 Å². The van der Waals surface area contributed by atoms with E-state index in [9.17, 15) is 10.1 Å². The molecule has 1 aliphatic carbocycles. The molecule has 2 N–H and O–H groups in total. The Labute approximate surface area is 120 Å². The van der Waals surface area contributed by atoms with Gasteiger partial charge in [0.15, 0.2) is 0 Å². The van der Waals surface area contributed by atoms with Crippen LogP contribution in [0.3, 0.4) is 0 Å². The molecule has 2 unspecified atom stereocenters. The molecule has 0 aromatic carbocycles. The Bertz CT molecular complexity index is 411. The molecular weight excluding hydrogens is 252 g/mol. The van der Waals surface area contributed by atoms with E-state index in [2.05, 4.69) is 21.6 Å². The largest absolute Gasteiger partial charge is 0.337 e. The molecule has 2 saturated heterocycles. The van der Waals surface area contributed by atoms with Gasteiger partial charge in [-0.05, 0) is 57.5 Å². The van der Waals surface area contributed by atoms with Gasteiger partial charge >= 0.3 is 0 Å². The first-order chi connectivity index (χ1) is 9.72. The summed E-state index contributed by atoms with van der Waals surface area (Å²) in [5.74, 6) is 0.731. The maximum absolute atomic E-state index is 12.3. The van der Waals surface area contributed by atoms with Crippen molar-refractivity contribution in [2.45, 2.75) is 50.1 Å². The predicted molar refractivity (Wildman–Crippen MR) is 75.9 cm³/mol. The number of nitriles is 1. The van der Waals surface area contributed by atoms with Crippen molar-refractivity contribution in [3.63, 3.8) is 0 Å². The van der Waals surface area contributed by atoms with Crippen molar-refractivity contribution in [3.05, 3.63) is 0 Å². The second-order valence-electron chi connectivity index (χ2n) is 6.55. The van der Waals surface area contributed by atoms with E-state index in [4.69, 9.17) is 0 Å². The van der Waals surface area contributed by atoms with Crippen LogP contribution < -0.4 is 10.6 Å². The SMILES string of the molecule is N#CC1(NC(=O)CN2CCCC3CNCC32)CCCC1. The van der Waals surface area contributed by atoms with Gasteiger partial charge in [-0.15, -0.1) is 0 Å². The minimum absolute atomic E-state index is 0.0287. The summed E-state index contributed by atoms with van der Waals surface area (Å²) >= 11 is 0. The Kier molecular flexibility index (Phi) is 3.95. The van der Waals surface area contributed by atoms with Crippen molar-refractivity contribution in [2.24, 2.45) is 5.92 Å². The van der Waals surface area contributed by atoms with E-state index >= 15 is 0 Å². The minimum atomic E-state index is -0.583. The van der Waals surface area contributed by atoms with Crippen LogP contribution in [0.5, 0.6) is 0 Å². The Hall–Kier alpha value is -1.12. The summed E-state index contributed by atoms with van der Waals surface area (Å²) in [7, 11) is 0. The lowest BCUT2D eigenvalue weighted by molar-refractivity contribution is -0.124. The summed E-state index contributed by atoms with van der Waals surface area (Å²) in [6.07, 6.45) is 6.17. The van der Waals surface area contributed by atoms with Crippen molar-refractivity contribution in [2.75, 3.05) is 26.2 Å².